The molecule has 0 bridgehead atoms. The van der Waals surface area contributed by atoms with Gasteiger partial charge >= 0.3 is 5.97 Å². The smallest absolute Gasteiger partial charge is 0.329 e. The SMILES string of the molecule is O=C(NC(C(=O)N1CC(OCc2cccc3ccccc23)CC1C(=O)NC1(C(=O)O)CC1)C1CCCCC1)C(CC1CCCCC1)CC1CCCCC1. The quantitative estimate of drug-likeness (QED) is 0.183. The first-order chi connectivity index (χ1) is 25.8. The number of nitrogens with zero attached hydrogens (tertiary/aromatic N) is 1. The van der Waals surface area contributed by atoms with Gasteiger partial charge in [0.15, 0.2) is 0 Å². The third-order valence-corrected chi connectivity index (χ3v) is 13.5. The summed E-state index contributed by atoms with van der Waals surface area (Å²) >= 11 is 0. The van der Waals surface area contributed by atoms with Crippen molar-refractivity contribution in [3.05, 3.63) is 48.0 Å². The Morgan fingerprint density at radius 2 is 1.40 bits per heavy atom. The van der Waals surface area contributed by atoms with Gasteiger partial charge in [-0.25, -0.2) is 4.79 Å². The van der Waals surface area contributed by atoms with Crippen LogP contribution in [0.5, 0.6) is 0 Å². The Morgan fingerprint density at radius 1 is 0.792 bits per heavy atom. The van der Waals surface area contributed by atoms with Crippen LogP contribution in [0, 0.1) is 23.7 Å². The summed E-state index contributed by atoms with van der Waals surface area (Å²) < 4.78 is 6.49. The molecule has 4 aliphatic carbocycles. The number of rotatable bonds is 14. The van der Waals surface area contributed by atoms with Crippen molar-refractivity contribution in [3.63, 3.8) is 0 Å². The van der Waals surface area contributed by atoms with Gasteiger partial charge in [-0.15, -0.1) is 0 Å². The minimum atomic E-state index is -1.27. The lowest BCUT2D eigenvalue weighted by atomic mass is 9.76. The van der Waals surface area contributed by atoms with Crippen LogP contribution in [0.2, 0.25) is 0 Å². The molecule has 5 fully saturated rings. The highest BCUT2D eigenvalue weighted by Crippen LogP contribution is 2.38. The first-order valence-electron chi connectivity index (χ1n) is 21.0. The van der Waals surface area contributed by atoms with E-state index < -0.39 is 35.6 Å². The molecule has 1 aliphatic heterocycles. The standard InChI is InChI=1S/C44H61N3O6/c48-40(35(25-30-13-4-1-5-14-30)26-31-15-6-2-7-16-31)45-39(33-18-8-3-9-19-33)42(50)47-28-36(27-38(47)41(49)46-44(23-24-44)43(51)52)53-29-34-21-12-20-32-17-10-11-22-37(32)34/h10-12,17,20-22,30-31,33,35-36,38-39H,1-9,13-16,18-19,23-29H2,(H,45,48)(H,46,49)(H,51,52). The Balaban J connectivity index is 1.12. The molecule has 3 atom stereocenters. The molecule has 288 valence electrons. The second-order valence-corrected chi connectivity index (χ2v) is 17.3. The number of likely N-dealkylation sites (tertiary alicyclic amines) is 1. The summed E-state index contributed by atoms with van der Waals surface area (Å²) in [6.07, 6.45) is 19.5. The van der Waals surface area contributed by atoms with Crippen molar-refractivity contribution < 1.29 is 29.0 Å². The number of carbonyl (C=O) groups excluding carboxylic acids is 3. The molecule has 5 aliphatic rings. The number of hydrogen-bond acceptors (Lipinski definition) is 5. The number of benzene rings is 2. The van der Waals surface area contributed by atoms with E-state index in [9.17, 15) is 24.3 Å². The van der Waals surface area contributed by atoms with Crippen molar-refractivity contribution >= 4 is 34.5 Å². The van der Waals surface area contributed by atoms with Crippen LogP contribution in [0.3, 0.4) is 0 Å². The normalized spacial score (nSPS) is 24.6. The number of carboxylic acids is 1. The van der Waals surface area contributed by atoms with Crippen LogP contribution in [-0.2, 0) is 30.5 Å². The largest absolute Gasteiger partial charge is 0.480 e. The topological polar surface area (TPSA) is 125 Å². The molecule has 53 heavy (non-hydrogen) atoms. The summed E-state index contributed by atoms with van der Waals surface area (Å²) in [5.74, 6) is -0.703. The third kappa shape index (κ3) is 9.26. The molecule has 9 heteroatoms. The number of hydrogen-bond donors (Lipinski definition) is 3. The molecule has 2 aromatic rings. The summed E-state index contributed by atoms with van der Waals surface area (Å²) in [6.45, 7) is 0.544. The van der Waals surface area contributed by atoms with E-state index in [0.29, 0.717) is 31.3 Å². The van der Waals surface area contributed by atoms with Crippen LogP contribution in [0.15, 0.2) is 42.5 Å². The number of carbonyl (C=O) groups is 4. The van der Waals surface area contributed by atoms with Crippen molar-refractivity contribution in [1.82, 2.24) is 15.5 Å². The number of carboxylic acid groups (broad SMARTS) is 1. The molecule has 0 aromatic heterocycles. The summed E-state index contributed by atoms with van der Waals surface area (Å²) in [6, 6.07) is 12.7. The van der Waals surface area contributed by atoms with Gasteiger partial charge in [0.1, 0.15) is 17.6 Å². The first kappa shape index (κ1) is 37.8. The zero-order valence-corrected chi connectivity index (χ0v) is 31.6. The Kier molecular flexibility index (Phi) is 12.4. The molecule has 9 nitrogen and oxygen atoms in total. The van der Waals surface area contributed by atoms with E-state index in [1.165, 1.54) is 64.2 Å². The Morgan fingerprint density at radius 3 is 2.02 bits per heavy atom. The number of ether oxygens (including phenoxy) is 1. The van der Waals surface area contributed by atoms with Crippen molar-refractivity contribution in [2.75, 3.05) is 6.54 Å². The predicted molar refractivity (Wildman–Crippen MR) is 205 cm³/mol. The van der Waals surface area contributed by atoms with Gasteiger partial charge in [0, 0.05) is 18.9 Å². The van der Waals surface area contributed by atoms with E-state index in [0.717, 1.165) is 61.3 Å². The van der Waals surface area contributed by atoms with Crippen LogP contribution in [0.1, 0.15) is 134 Å². The van der Waals surface area contributed by atoms with Crippen LogP contribution >= 0.6 is 0 Å². The van der Waals surface area contributed by atoms with Crippen molar-refractivity contribution in [2.45, 2.75) is 159 Å². The molecule has 3 amide bonds. The van der Waals surface area contributed by atoms with Crippen molar-refractivity contribution in [1.29, 1.82) is 0 Å². The van der Waals surface area contributed by atoms with Crippen LogP contribution in [-0.4, -0.2) is 64.0 Å². The Bertz CT molecular complexity index is 1560. The maximum Gasteiger partial charge on any atom is 0.329 e. The molecule has 1 heterocycles. The van der Waals surface area contributed by atoms with Gasteiger partial charge in [0.05, 0.1) is 12.7 Å². The van der Waals surface area contributed by atoms with E-state index in [2.05, 4.69) is 28.8 Å². The minimum absolute atomic E-state index is 0.00151. The van der Waals surface area contributed by atoms with Crippen LogP contribution in [0.25, 0.3) is 10.8 Å². The highest BCUT2D eigenvalue weighted by Gasteiger charge is 2.54. The third-order valence-electron chi connectivity index (χ3n) is 13.5. The minimum Gasteiger partial charge on any atom is -0.480 e. The number of aliphatic carboxylic acids is 1. The second-order valence-electron chi connectivity index (χ2n) is 17.3. The lowest BCUT2D eigenvalue weighted by molar-refractivity contribution is -0.146. The molecule has 0 radical (unpaired) electrons. The maximum absolute atomic E-state index is 15.0. The van der Waals surface area contributed by atoms with Gasteiger partial charge in [-0.2, -0.15) is 0 Å². The highest BCUT2D eigenvalue weighted by molar-refractivity contribution is 5.96. The Hall–Kier alpha value is -3.46. The molecule has 1 saturated heterocycles. The monoisotopic (exact) mass is 727 g/mol. The van der Waals surface area contributed by atoms with Crippen molar-refractivity contribution in [3.8, 4) is 0 Å². The van der Waals surface area contributed by atoms with E-state index in [4.69, 9.17) is 4.74 Å². The van der Waals surface area contributed by atoms with E-state index >= 15 is 0 Å². The van der Waals surface area contributed by atoms with Crippen molar-refractivity contribution in [2.24, 2.45) is 23.7 Å². The van der Waals surface area contributed by atoms with Gasteiger partial charge in [0.2, 0.25) is 17.7 Å². The summed E-state index contributed by atoms with van der Waals surface area (Å²) in [5, 5.41) is 18.3. The lowest BCUT2D eigenvalue weighted by Gasteiger charge is -2.36. The summed E-state index contributed by atoms with van der Waals surface area (Å²) in [7, 11) is 0. The van der Waals surface area contributed by atoms with Gasteiger partial charge in [-0.3, -0.25) is 14.4 Å². The first-order valence-corrected chi connectivity index (χ1v) is 21.0. The molecule has 7 rings (SSSR count). The fraction of sp³-hybridized carbons (Fsp3) is 0.682. The van der Waals surface area contributed by atoms with Gasteiger partial charge < -0.3 is 25.4 Å². The molecule has 3 unspecified atom stereocenters. The average molecular weight is 728 g/mol. The molecular weight excluding hydrogens is 666 g/mol. The molecule has 4 saturated carbocycles. The number of amides is 3. The second kappa shape index (κ2) is 17.3. The lowest BCUT2D eigenvalue weighted by Crippen LogP contribution is -2.58. The molecule has 0 spiro atoms. The summed E-state index contributed by atoms with van der Waals surface area (Å²) in [4.78, 5) is 57.2. The van der Waals surface area contributed by atoms with Gasteiger partial charge in [0.25, 0.3) is 0 Å². The fourth-order valence-electron chi connectivity index (χ4n) is 10.1. The predicted octanol–water partition coefficient (Wildman–Crippen LogP) is 7.68. The highest BCUT2D eigenvalue weighted by atomic mass is 16.5. The zero-order valence-electron chi connectivity index (χ0n) is 31.6. The number of fused-ring (bicyclic) bond motifs is 1. The number of nitrogens with one attached hydrogen (secondary N) is 2. The van der Waals surface area contributed by atoms with Gasteiger partial charge in [-0.05, 0) is 72.6 Å². The fourth-order valence-corrected chi connectivity index (χ4v) is 10.1. The van der Waals surface area contributed by atoms with E-state index in [-0.39, 0.29) is 36.6 Å². The molecular formula is C44H61N3O6. The molecule has 3 N–H and O–H groups in total. The molecule has 2 aromatic carbocycles. The van der Waals surface area contributed by atoms with E-state index in [1.54, 1.807) is 4.90 Å². The van der Waals surface area contributed by atoms with E-state index in [1.807, 2.05) is 24.3 Å². The van der Waals surface area contributed by atoms with Gasteiger partial charge in [-0.1, -0.05) is 126 Å². The van der Waals surface area contributed by atoms with Crippen LogP contribution < -0.4 is 10.6 Å². The van der Waals surface area contributed by atoms with Crippen LogP contribution in [0.4, 0.5) is 0 Å². The summed E-state index contributed by atoms with van der Waals surface area (Å²) in [5.41, 5.74) is -0.234. The maximum atomic E-state index is 15.0. The Labute approximate surface area is 315 Å². The average Bonchev–Trinajstić information content (AvgIpc) is 3.85. The zero-order chi connectivity index (χ0) is 36.8.